The zero-order valence-corrected chi connectivity index (χ0v) is 10.5. The molecule has 8 heteroatoms. The molecule has 2 heterocycles. The number of nitrogen functional groups attached to an aromatic ring is 1. The lowest BCUT2D eigenvalue weighted by Gasteiger charge is -2.13. The predicted octanol–water partition coefficient (Wildman–Crippen LogP) is -0.378. The second kappa shape index (κ2) is 4.47. The number of anilines is 1. The number of carbonyl (C=O) groups excluding carboxylic acids is 1. The zero-order chi connectivity index (χ0) is 13.3. The number of nitrogens with one attached hydrogen (secondary N) is 1. The summed E-state index contributed by atoms with van der Waals surface area (Å²) in [7, 11) is 3.48. The zero-order valence-electron chi connectivity index (χ0n) is 10.5. The smallest absolute Gasteiger partial charge is 0.272 e. The van der Waals surface area contributed by atoms with Gasteiger partial charge in [0, 0.05) is 14.1 Å². The maximum absolute atomic E-state index is 12.1. The first-order valence-corrected chi connectivity index (χ1v) is 5.43. The molecule has 96 valence electrons. The quantitative estimate of drug-likeness (QED) is 0.771. The summed E-state index contributed by atoms with van der Waals surface area (Å²) in [6.45, 7) is 1.83. The van der Waals surface area contributed by atoms with Gasteiger partial charge in [-0.2, -0.15) is 5.10 Å². The highest BCUT2D eigenvalue weighted by molar-refractivity contribution is 5.97. The number of hydrogen-bond donors (Lipinski definition) is 2. The number of carbonyl (C=O) groups is 1. The highest BCUT2D eigenvalue weighted by atomic mass is 16.2. The molecule has 0 saturated heterocycles. The third-order valence-electron chi connectivity index (χ3n) is 2.66. The Morgan fingerprint density at radius 3 is 2.72 bits per heavy atom. The van der Waals surface area contributed by atoms with E-state index in [-0.39, 0.29) is 11.9 Å². The van der Waals surface area contributed by atoms with Crippen molar-refractivity contribution in [1.82, 2.24) is 29.9 Å². The van der Waals surface area contributed by atoms with Crippen LogP contribution in [0, 0.1) is 0 Å². The van der Waals surface area contributed by atoms with E-state index in [0.717, 1.165) is 0 Å². The van der Waals surface area contributed by atoms with Gasteiger partial charge in [0.2, 0.25) is 0 Å². The first-order chi connectivity index (χ1) is 8.50. The van der Waals surface area contributed by atoms with Gasteiger partial charge in [-0.3, -0.25) is 9.48 Å². The predicted molar refractivity (Wildman–Crippen MR) is 64.5 cm³/mol. The van der Waals surface area contributed by atoms with Crippen molar-refractivity contribution in [3.63, 3.8) is 0 Å². The summed E-state index contributed by atoms with van der Waals surface area (Å²) >= 11 is 0. The van der Waals surface area contributed by atoms with Gasteiger partial charge in [0.25, 0.3) is 5.91 Å². The summed E-state index contributed by atoms with van der Waals surface area (Å²) in [6.07, 6.45) is 3.03. The van der Waals surface area contributed by atoms with Crippen LogP contribution in [0.1, 0.15) is 29.3 Å². The van der Waals surface area contributed by atoms with Crippen molar-refractivity contribution in [2.24, 2.45) is 14.1 Å². The molecular weight excluding hydrogens is 234 g/mol. The molecule has 0 aromatic carbocycles. The fourth-order valence-electron chi connectivity index (χ4n) is 1.75. The molecule has 0 aliphatic rings. The van der Waals surface area contributed by atoms with Gasteiger partial charge in [0.15, 0.2) is 5.82 Å². The van der Waals surface area contributed by atoms with Crippen LogP contribution in [-0.2, 0) is 14.1 Å². The van der Waals surface area contributed by atoms with Crippen LogP contribution in [-0.4, -0.2) is 30.5 Å². The van der Waals surface area contributed by atoms with Crippen LogP contribution < -0.4 is 11.1 Å². The van der Waals surface area contributed by atoms with Gasteiger partial charge in [-0.1, -0.05) is 0 Å². The standard InChI is InChI=1S/C10H15N7O/c1-6(9-15-12-5-16(9)2)14-10(18)8-7(11)4-13-17(8)3/h4-6H,11H2,1-3H3,(H,14,18). The minimum atomic E-state index is -0.289. The van der Waals surface area contributed by atoms with Gasteiger partial charge >= 0.3 is 0 Å². The van der Waals surface area contributed by atoms with Gasteiger partial charge in [0.05, 0.1) is 17.9 Å². The van der Waals surface area contributed by atoms with E-state index >= 15 is 0 Å². The molecule has 8 nitrogen and oxygen atoms in total. The summed E-state index contributed by atoms with van der Waals surface area (Å²) in [6, 6.07) is -0.265. The Bertz CT molecular complexity index is 551. The third-order valence-corrected chi connectivity index (χ3v) is 2.66. The number of rotatable bonds is 3. The molecule has 0 saturated carbocycles. The van der Waals surface area contributed by atoms with Crippen LogP contribution in [0.25, 0.3) is 0 Å². The lowest BCUT2D eigenvalue weighted by Crippen LogP contribution is -2.30. The molecule has 0 spiro atoms. The van der Waals surface area contributed by atoms with E-state index in [1.165, 1.54) is 10.9 Å². The summed E-state index contributed by atoms with van der Waals surface area (Å²) < 4.78 is 3.19. The van der Waals surface area contributed by atoms with Crippen LogP contribution >= 0.6 is 0 Å². The first-order valence-electron chi connectivity index (χ1n) is 5.43. The molecule has 2 rings (SSSR count). The maximum atomic E-state index is 12.1. The van der Waals surface area contributed by atoms with Crippen molar-refractivity contribution in [3.05, 3.63) is 24.0 Å². The van der Waals surface area contributed by atoms with Crippen LogP contribution in [0.3, 0.4) is 0 Å². The van der Waals surface area contributed by atoms with E-state index in [2.05, 4.69) is 20.6 Å². The van der Waals surface area contributed by atoms with Gasteiger partial charge in [-0.15, -0.1) is 10.2 Å². The van der Waals surface area contributed by atoms with Gasteiger partial charge in [-0.05, 0) is 6.92 Å². The highest BCUT2D eigenvalue weighted by Gasteiger charge is 2.19. The summed E-state index contributed by atoms with van der Waals surface area (Å²) in [5.74, 6) is 0.382. The summed E-state index contributed by atoms with van der Waals surface area (Å²) in [4.78, 5) is 12.1. The van der Waals surface area contributed by atoms with E-state index in [9.17, 15) is 4.79 Å². The molecule has 3 N–H and O–H groups in total. The maximum Gasteiger partial charge on any atom is 0.272 e. The first kappa shape index (κ1) is 12.1. The minimum Gasteiger partial charge on any atom is -0.396 e. The fraction of sp³-hybridized carbons (Fsp3) is 0.400. The number of nitrogens with zero attached hydrogens (tertiary/aromatic N) is 5. The summed E-state index contributed by atoms with van der Waals surface area (Å²) in [5.41, 5.74) is 6.37. The second-order valence-corrected chi connectivity index (χ2v) is 4.07. The lowest BCUT2D eigenvalue weighted by atomic mass is 10.2. The Kier molecular flexibility index (Phi) is 3.00. The van der Waals surface area contributed by atoms with Crippen molar-refractivity contribution < 1.29 is 4.79 Å². The largest absolute Gasteiger partial charge is 0.396 e. The van der Waals surface area contributed by atoms with Crippen molar-refractivity contribution in [2.75, 3.05) is 5.73 Å². The number of aromatic nitrogens is 5. The van der Waals surface area contributed by atoms with E-state index < -0.39 is 0 Å². The topological polar surface area (TPSA) is 104 Å². The Labute approximate surface area is 104 Å². The van der Waals surface area contributed by atoms with Crippen molar-refractivity contribution in [1.29, 1.82) is 0 Å². The Morgan fingerprint density at radius 1 is 1.50 bits per heavy atom. The molecule has 0 radical (unpaired) electrons. The summed E-state index contributed by atoms with van der Waals surface area (Å²) in [5, 5.41) is 14.4. The number of aryl methyl sites for hydroxylation is 2. The lowest BCUT2D eigenvalue weighted by molar-refractivity contribution is 0.0929. The Balaban J connectivity index is 2.16. The average Bonchev–Trinajstić information content (AvgIpc) is 2.85. The SMILES string of the molecule is CC(NC(=O)c1c(N)cnn1C)c1nncn1C. The average molecular weight is 249 g/mol. The molecular formula is C10H15N7O. The molecule has 0 aliphatic heterocycles. The molecule has 0 fully saturated rings. The van der Waals surface area contributed by atoms with Gasteiger partial charge in [0.1, 0.15) is 12.0 Å². The van der Waals surface area contributed by atoms with Gasteiger partial charge < -0.3 is 15.6 Å². The molecule has 1 unspecified atom stereocenters. The molecule has 18 heavy (non-hydrogen) atoms. The van der Waals surface area contributed by atoms with Crippen molar-refractivity contribution in [3.8, 4) is 0 Å². The van der Waals surface area contributed by atoms with Crippen molar-refractivity contribution >= 4 is 11.6 Å². The number of hydrogen-bond acceptors (Lipinski definition) is 5. The molecule has 0 bridgehead atoms. The molecule has 0 aliphatic carbocycles. The van der Waals surface area contributed by atoms with Crippen LogP contribution in [0.5, 0.6) is 0 Å². The second-order valence-electron chi connectivity index (χ2n) is 4.07. The number of amides is 1. The molecule has 2 aromatic rings. The van der Waals surface area contributed by atoms with E-state index in [0.29, 0.717) is 17.2 Å². The van der Waals surface area contributed by atoms with E-state index in [4.69, 9.17) is 5.73 Å². The van der Waals surface area contributed by atoms with Crippen molar-refractivity contribution in [2.45, 2.75) is 13.0 Å². The Morgan fingerprint density at radius 2 is 2.22 bits per heavy atom. The molecule has 1 amide bonds. The molecule has 1 atom stereocenters. The Hall–Kier alpha value is -2.38. The van der Waals surface area contributed by atoms with E-state index in [1.54, 1.807) is 17.9 Å². The third kappa shape index (κ3) is 2.04. The van der Waals surface area contributed by atoms with Gasteiger partial charge in [-0.25, -0.2) is 0 Å². The highest BCUT2D eigenvalue weighted by Crippen LogP contribution is 2.12. The molecule has 2 aromatic heterocycles. The van der Waals surface area contributed by atoms with Crippen LogP contribution in [0.15, 0.2) is 12.5 Å². The van der Waals surface area contributed by atoms with Crippen LogP contribution in [0.2, 0.25) is 0 Å². The minimum absolute atomic E-state index is 0.265. The fourth-order valence-corrected chi connectivity index (χ4v) is 1.75. The van der Waals surface area contributed by atoms with E-state index in [1.807, 2.05) is 14.0 Å². The monoisotopic (exact) mass is 249 g/mol. The number of nitrogens with two attached hydrogens (primary N) is 1. The van der Waals surface area contributed by atoms with Crippen LogP contribution in [0.4, 0.5) is 5.69 Å². The normalized spacial score (nSPS) is 12.4.